The topological polar surface area (TPSA) is 41.6 Å². The Morgan fingerprint density at radius 3 is 2.53 bits per heavy atom. The van der Waals surface area contributed by atoms with Crippen molar-refractivity contribution in [1.82, 2.24) is 9.45 Å². The predicted molar refractivity (Wildman–Crippen MR) is 63.2 cm³/mol. The Kier molecular flexibility index (Phi) is 2.13. The highest BCUT2D eigenvalue weighted by Gasteiger charge is 2.21. The van der Waals surface area contributed by atoms with Gasteiger partial charge in [0, 0.05) is 5.39 Å². The van der Waals surface area contributed by atoms with Gasteiger partial charge in [-0.1, -0.05) is 12.1 Å². The van der Waals surface area contributed by atoms with Crippen molar-refractivity contribution in [2.24, 2.45) is 0 Å². The van der Waals surface area contributed by atoms with E-state index in [1.54, 1.807) is 0 Å². The molecule has 0 unspecified atom stereocenters. The lowest BCUT2D eigenvalue weighted by molar-refractivity contribution is 0.952. The van der Waals surface area contributed by atoms with Gasteiger partial charge in [-0.25, -0.2) is 0 Å². The zero-order valence-electron chi connectivity index (χ0n) is 9.15. The highest BCUT2D eigenvalue weighted by molar-refractivity contribution is 6.75. The number of nitriles is 1. The zero-order valence-corrected chi connectivity index (χ0v) is 10.2. The number of rotatable bonds is 1. The molecule has 0 atom stereocenters. The maximum absolute atomic E-state index is 9.00. The number of nitrogens with zero attached hydrogens (tertiary/aromatic N) is 3. The molecule has 0 aliphatic heterocycles. The Labute approximate surface area is 90.0 Å². The van der Waals surface area contributed by atoms with E-state index in [1.165, 1.54) is 0 Å². The molecule has 0 saturated carbocycles. The third-order valence-corrected chi connectivity index (χ3v) is 3.94. The summed E-state index contributed by atoms with van der Waals surface area (Å²) in [7, 11) is -1.54. The Morgan fingerprint density at radius 1 is 1.27 bits per heavy atom. The Balaban J connectivity index is 2.84. The van der Waals surface area contributed by atoms with Crippen LogP contribution in [0, 0.1) is 11.3 Å². The standard InChI is InChI=1S/C11H13N3Si/c1-15(2,3)14-11-7-5-4-6-9(11)10(8-12)13-14/h4-7H,1-3H3. The van der Waals surface area contributed by atoms with Crippen molar-refractivity contribution in [2.45, 2.75) is 19.6 Å². The zero-order chi connectivity index (χ0) is 11.1. The van der Waals surface area contributed by atoms with E-state index >= 15 is 0 Å². The van der Waals surface area contributed by atoms with E-state index in [9.17, 15) is 0 Å². The van der Waals surface area contributed by atoms with Crippen LogP contribution >= 0.6 is 0 Å². The second kappa shape index (κ2) is 3.21. The van der Waals surface area contributed by atoms with Gasteiger partial charge < -0.3 is 0 Å². The van der Waals surface area contributed by atoms with Gasteiger partial charge in [-0.2, -0.15) is 10.4 Å². The van der Waals surface area contributed by atoms with Gasteiger partial charge in [-0.3, -0.25) is 4.35 Å². The predicted octanol–water partition coefficient (Wildman–Crippen LogP) is 2.59. The molecule has 1 aromatic carbocycles. The van der Waals surface area contributed by atoms with Gasteiger partial charge in [0.1, 0.15) is 6.07 Å². The van der Waals surface area contributed by atoms with Crippen LogP contribution in [0.3, 0.4) is 0 Å². The van der Waals surface area contributed by atoms with Crippen LogP contribution in [-0.4, -0.2) is 17.7 Å². The Bertz CT molecular complexity index is 543. The van der Waals surface area contributed by atoms with Gasteiger partial charge in [0.25, 0.3) is 0 Å². The SMILES string of the molecule is C[Si](C)(C)n1nc(C#N)c2ccccc21. The van der Waals surface area contributed by atoms with Crippen molar-refractivity contribution in [2.75, 3.05) is 0 Å². The Morgan fingerprint density at radius 2 is 1.93 bits per heavy atom. The minimum Gasteiger partial charge on any atom is -0.293 e. The minimum atomic E-state index is -1.54. The van der Waals surface area contributed by atoms with E-state index in [-0.39, 0.29) is 0 Å². The smallest absolute Gasteiger partial charge is 0.176 e. The lowest BCUT2D eigenvalue weighted by Crippen LogP contribution is -2.33. The molecule has 0 saturated heterocycles. The highest BCUT2D eigenvalue weighted by atomic mass is 28.3. The van der Waals surface area contributed by atoms with Gasteiger partial charge in [-0.15, -0.1) is 0 Å². The molecule has 1 aromatic heterocycles. The molecular weight excluding hydrogens is 202 g/mol. The van der Waals surface area contributed by atoms with E-state index in [0.29, 0.717) is 5.69 Å². The first-order valence-electron chi connectivity index (χ1n) is 4.92. The number of hydrogen-bond acceptors (Lipinski definition) is 2. The molecule has 3 nitrogen and oxygen atoms in total. The summed E-state index contributed by atoms with van der Waals surface area (Å²) in [5.74, 6) is 0. The molecule has 2 aromatic rings. The van der Waals surface area contributed by atoms with Crippen molar-refractivity contribution in [3.63, 3.8) is 0 Å². The lowest BCUT2D eigenvalue weighted by Gasteiger charge is -2.17. The first-order valence-corrected chi connectivity index (χ1v) is 8.37. The average Bonchev–Trinajstić information content (AvgIpc) is 2.55. The van der Waals surface area contributed by atoms with Crippen molar-refractivity contribution in [3.05, 3.63) is 30.0 Å². The summed E-state index contributed by atoms with van der Waals surface area (Å²) >= 11 is 0. The molecule has 0 spiro atoms. The molecule has 4 heteroatoms. The second-order valence-corrected chi connectivity index (χ2v) is 9.33. The third-order valence-electron chi connectivity index (χ3n) is 2.33. The second-order valence-electron chi connectivity index (χ2n) is 4.56. The molecule has 76 valence electrons. The van der Waals surface area contributed by atoms with Crippen molar-refractivity contribution >= 4 is 19.1 Å². The van der Waals surface area contributed by atoms with Crippen LogP contribution in [-0.2, 0) is 0 Å². The molecule has 0 bridgehead atoms. The molecular formula is C11H13N3Si. The number of benzene rings is 1. The largest absolute Gasteiger partial charge is 0.293 e. The number of hydrogen-bond donors (Lipinski definition) is 0. The van der Waals surface area contributed by atoms with E-state index in [1.807, 2.05) is 28.6 Å². The van der Waals surface area contributed by atoms with Crippen LogP contribution in [0.15, 0.2) is 24.3 Å². The van der Waals surface area contributed by atoms with Gasteiger partial charge in [0.05, 0.1) is 5.52 Å². The van der Waals surface area contributed by atoms with Crippen LogP contribution in [0.5, 0.6) is 0 Å². The van der Waals surface area contributed by atoms with Crippen LogP contribution < -0.4 is 0 Å². The molecule has 15 heavy (non-hydrogen) atoms. The van der Waals surface area contributed by atoms with Crippen molar-refractivity contribution in [3.8, 4) is 6.07 Å². The fraction of sp³-hybridized carbons (Fsp3) is 0.273. The number of para-hydroxylation sites is 1. The van der Waals surface area contributed by atoms with Crippen molar-refractivity contribution < 1.29 is 0 Å². The summed E-state index contributed by atoms with van der Waals surface area (Å²) in [5.41, 5.74) is 1.61. The summed E-state index contributed by atoms with van der Waals surface area (Å²) in [6.07, 6.45) is 0. The monoisotopic (exact) mass is 215 g/mol. The fourth-order valence-electron chi connectivity index (χ4n) is 1.66. The normalized spacial score (nSPS) is 11.6. The van der Waals surface area contributed by atoms with Crippen LogP contribution in [0.1, 0.15) is 5.69 Å². The molecule has 0 N–H and O–H groups in total. The van der Waals surface area contributed by atoms with E-state index in [0.717, 1.165) is 10.9 Å². The van der Waals surface area contributed by atoms with Gasteiger partial charge in [0.15, 0.2) is 13.9 Å². The van der Waals surface area contributed by atoms with E-state index < -0.39 is 8.24 Å². The first-order chi connectivity index (χ1) is 7.04. The van der Waals surface area contributed by atoms with E-state index in [2.05, 4.69) is 30.8 Å². The maximum atomic E-state index is 9.00. The quantitative estimate of drug-likeness (QED) is 0.686. The lowest BCUT2D eigenvalue weighted by atomic mass is 10.2. The van der Waals surface area contributed by atoms with Gasteiger partial charge >= 0.3 is 0 Å². The molecule has 0 fully saturated rings. The van der Waals surface area contributed by atoms with E-state index in [4.69, 9.17) is 5.26 Å². The summed E-state index contributed by atoms with van der Waals surface area (Å²) < 4.78 is 2.04. The molecule has 0 radical (unpaired) electrons. The highest BCUT2D eigenvalue weighted by Crippen LogP contribution is 2.21. The molecule has 2 rings (SSSR count). The number of fused-ring (bicyclic) bond motifs is 1. The first kappa shape index (κ1) is 9.93. The summed E-state index contributed by atoms with van der Waals surface area (Å²) in [6.45, 7) is 6.65. The summed E-state index contributed by atoms with van der Waals surface area (Å²) in [5, 5.41) is 14.4. The van der Waals surface area contributed by atoms with Crippen LogP contribution in [0.2, 0.25) is 19.6 Å². The fourth-order valence-corrected chi connectivity index (χ4v) is 2.98. The van der Waals surface area contributed by atoms with Gasteiger partial charge in [-0.05, 0) is 31.8 Å². The van der Waals surface area contributed by atoms with Gasteiger partial charge in [0.2, 0.25) is 0 Å². The molecule has 0 aliphatic carbocycles. The third kappa shape index (κ3) is 1.55. The average molecular weight is 215 g/mol. The van der Waals surface area contributed by atoms with Crippen LogP contribution in [0.4, 0.5) is 0 Å². The molecule has 0 aliphatic rings. The maximum Gasteiger partial charge on any atom is 0.176 e. The minimum absolute atomic E-state index is 0.535. The molecule has 0 amide bonds. The summed E-state index contributed by atoms with van der Waals surface area (Å²) in [4.78, 5) is 0. The van der Waals surface area contributed by atoms with Crippen LogP contribution in [0.25, 0.3) is 10.9 Å². The summed E-state index contributed by atoms with van der Waals surface area (Å²) in [6, 6.07) is 10.1. The van der Waals surface area contributed by atoms with Crippen molar-refractivity contribution in [1.29, 1.82) is 5.26 Å². The number of aromatic nitrogens is 2. The molecule has 1 heterocycles. The Hall–Kier alpha value is -1.60.